The van der Waals surface area contributed by atoms with Gasteiger partial charge in [-0.3, -0.25) is 0 Å². The number of thiocarbonyl (C=S) groups is 1. The van der Waals surface area contributed by atoms with Gasteiger partial charge in [-0.05, 0) is 50.7 Å². The molecule has 0 heterocycles. The zero-order valence-corrected chi connectivity index (χ0v) is 10.9. The number of nitrogens with zero attached hydrogens (tertiary/aromatic N) is 1. The summed E-state index contributed by atoms with van der Waals surface area (Å²) in [6, 6.07) is 5.32. The predicted molar refractivity (Wildman–Crippen MR) is 70.3 cm³/mol. The number of anilines is 1. The van der Waals surface area contributed by atoms with Crippen molar-refractivity contribution in [3.63, 3.8) is 0 Å². The molecule has 2 nitrogen and oxygen atoms in total. The van der Waals surface area contributed by atoms with Crippen LogP contribution < -0.4 is 5.32 Å². The maximum Gasteiger partial charge on any atom is 0.173 e. The topological polar surface area (TPSA) is 15.3 Å². The van der Waals surface area contributed by atoms with E-state index in [1.165, 1.54) is 6.07 Å². The molecule has 0 saturated heterocycles. The highest BCUT2D eigenvalue weighted by Crippen LogP contribution is 2.14. The van der Waals surface area contributed by atoms with Crippen LogP contribution >= 0.6 is 12.2 Å². The zero-order valence-electron chi connectivity index (χ0n) is 10.0. The van der Waals surface area contributed by atoms with Crippen molar-refractivity contribution in [3.8, 4) is 0 Å². The number of aryl methyl sites for hydroxylation is 1. The monoisotopic (exact) mass is 240 g/mol. The molecule has 0 radical (unpaired) electrons. The van der Waals surface area contributed by atoms with Gasteiger partial charge in [0.2, 0.25) is 0 Å². The predicted octanol–water partition coefficient (Wildman–Crippen LogP) is 3.17. The van der Waals surface area contributed by atoms with E-state index in [2.05, 4.69) is 5.32 Å². The van der Waals surface area contributed by atoms with Crippen LogP contribution in [0.5, 0.6) is 0 Å². The molecule has 1 rings (SSSR count). The summed E-state index contributed by atoms with van der Waals surface area (Å²) in [7, 11) is 1.91. The lowest BCUT2D eigenvalue weighted by Crippen LogP contribution is -2.36. The Morgan fingerprint density at radius 1 is 1.44 bits per heavy atom. The van der Waals surface area contributed by atoms with Crippen LogP contribution in [0.15, 0.2) is 18.2 Å². The van der Waals surface area contributed by atoms with E-state index in [9.17, 15) is 4.39 Å². The number of nitrogens with one attached hydrogen (secondary N) is 1. The summed E-state index contributed by atoms with van der Waals surface area (Å²) in [6.45, 7) is 5.82. The third-order valence-electron chi connectivity index (χ3n) is 2.52. The molecule has 0 spiro atoms. The van der Waals surface area contributed by atoms with Crippen molar-refractivity contribution in [2.75, 3.05) is 12.4 Å². The highest BCUT2D eigenvalue weighted by Gasteiger charge is 2.08. The van der Waals surface area contributed by atoms with Gasteiger partial charge in [0, 0.05) is 18.8 Å². The van der Waals surface area contributed by atoms with E-state index in [1.807, 2.05) is 31.9 Å². The van der Waals surface area contributed by atoms with Gasteiger partial charge >= 0.3 is 0 Å². The van der Waals surface area contributed by atoms with Gasteiger partial charge in [0.25, 0.3) is 0 Å². The van der Waals surface area contributed by atoms with Gasteiger partial charge in [-0.1, -0.05) is 6.07 Å². The molecule has 4 heteroatoms. The Labute approximate surface area is 101 Å². The summed E-state index contributed by atoms with van der Waals surface area (Å²) in [5.41, 5.74) is 1.31. The quantitative estimate of drug-likeness (QED) is 0.799. The van der Waals surface area contributed by atoms with Crippen molar-refractivity contribution >= 4 is 23.0 Å². The third kappa shape index (κ3) is 3.17. The minimum Gasteiger partial charge on any atom is -0.350 e. The third-order valence-corrected chi connectivity index (χ3v) is 2.91. The van der Waals surface area contributed by atoms with Crippen LogP contribution in [0.4, 0.5) is 10.1 Å². The van der Waals surface area contributed by atoms with E-state index in [-0.39, 0.29) is 5.82 Å². The Balaban J connectivity index is 2.74. The molecule has 0 unspecified atom stereocenters. The number of hydrogen-bond acceptors (Lipinski definition) is 1. The molecule has 0 fully saturated rings. The fourth-order valence-corrected chi connectivity index (χ4v) is 1.45. The van der Waals surface area contributed by atoms with Gasteiger partial charge in [-0.15, -0.1) is 0 Å². The molecular formula is C12H17FN2S. The zero-order chi connectivity index (χ0) is 12.3. The summed E-state index contributed by atoms with van der Waals surface area (Å²) < 4.78 is 13.3. The van der Waals surface area contributed by atoms with E-state index in [1.54, 1.807) is 13.0 Å². The van der Waals surface area contributed by atoms with Crippen LogP contribution in [0.2, 0.25) is 0 Å². The molecule has 0 aromatic heterocycles. The Hall–Kier alpha value is -1.16. The summed E-state index contributed by atoms with van der Waals surface area (Å²) >= 11 is 5.20. The molecule has 1 aromatic carbocycles. The lowest BCUT2D eigenvalue weighted by molar-refractivity contribution is 0.423. The van der Waals surface area contributed by atoms with E-state index in [0.29, 0.717) is 22.4 Å². The maximum absolute atomic E-state index is 13.3. The van der Waals surface area contributed by atoms with E-state index in [4.69, 9.17) is 12.2 Å². The number of benzene rings is 1. The highest BCUT2D eigenvalue weighted by atomic mass is 32.1. The first kappa shape index (κ1) is 12.9. The lowest BCUT2D eigenvalue weighted by atomic mass is 10.2. The molecular weight excluding hydrogens is 223 g/mol. The lowest BCUT2D eigenvalue weighted by Gasteiger charge is -2.24. The second-order valence-corrected chi connectivity index (χ2v) is 4.49. The number of hydrogen-bond donors (Lipinski definition) is 1. The van der Waals surface area contributed by atoms with Crippen LogP contribution in [-0.2, 0) is 0 Å². The first-order chi connectivity index (χ1) is 7.41. The second-order valence-electron chi connectivity index (χ2n) is 4.10. The van der Waals surface area contributed by atoms with Gasteiger partial charge in [0.15, 0.2) is 5.11 Å². The minimum atomic E-state index is -0.222. The second kappa shape index (κ2) is 5.25. The van der Waals surface area contributed by atoms with Crippen LogP contribution in [0.1, 0.15) is 19.4 Å². The van der Waals surface area contributed by atoms with Crippen molar-refractivity contribution in [1.82, 2.24) is 4.90 Å². The van der Waals surface area contributed by atoms with Gasteiger partial charge in [0.05, 0.1) is 0 Å². The molecule has 0 aliphatic heterocycles. The molecule has 0 amide bonds. The molecule has 0 aliphatic carbocycles. The van der Waals surface area contributed by atoms with Crippen LogP contribution in [0.3, 0.4) is 0 Å². The SMILES string of the molecule is Cc1ccc(NC(=S)N(C)C(C)C)cc1F. The van der Waals surface area contributed by atoms with E-state index < -0.39 is 0 Å². The van der Waals surface area contributed by atoms with E-state index >= 15 is 0 Å². The largest absolute Gasteiger partial charge is 0.350 e. The molecule has 0 atom stereocenters. The molecule has 0 bridgehead atoms. The average molecular weight is 240 g/mol. The minimum absolute atomic E-state index is 0.222. The Bertz CT molecular complexity index is 391. The number of rotatable bonds is 2. The molecule has 1 aromatic rings. The molecule has 0 saturated carbocycles. The Morgan fingerprint density at radius 3 is 2.56 bits per heavy atom. The first-order valence-electron chi connectivity index (χ1n) is 5.21. The van der Waals surface area contributed by atoms with Crippen molar-refractivity contribution in [3.05, 3.63) is 29.6 Å². The first-order valence-corrected chi connectivity index (χ1v) is 5.62. The van der Waals surface area contributed by atoms with Gasteiger partial charge in [-0.2, -0.15) is 0 Å². The highest BCUT2D eigenvalue weighted by molar-refractivity contribution is 7.80. The average Bonchev–Trinajstić information content (AvgIpc) is 2.22. The van der Waals surface area contributed by atoms with Crippen molar-refractivity contribution in [2.45, 2.75) is 26.8 Å². The molecule has 16 heavy (non-hydrogen) atoms. The van der Waals surface area contributed by atoms with E-state index in [0.717, 1.165) is 0 Å². The molecule has 88 valence electrons. The Morgan fingerprint density at radius 2 is 2.06 bits per heavy atom. The summed E-state index contributed by atoms with van der Waals surface area (Å²) in [5.74, 6) is -0.222. The van der Waals surface area contributed by atoms with Crippen LogP contribution in [0.25, 0.3) is 0 Å². The smallest absolute Gasteiger partial charge is 0.173 e. The maximum atomic E-state index is 13.3. The van der Waals surface area contributed by atoms with Crippen molar-refractivity contribution in [2.24, 2.45) is 0 Å². The summed E-state index contributed by atoms with van der Waals surface area (Å²) in [5, 5.41) is 3.60. The van der Waals surface area contributed by atoms with Gasteiger partial charge < -0.3 is 10.2 Å². The Kier molecular flexibility index (Phi) is 4.24. The standard InChI is InChI=1S/C12H17FN2S/c1-8(2)15(4)12(16)14-10-6-5-9(3)11(13)7-10/h5-8H,1-4H3,(H,14,16). The fraction of sp³-hybridized carbons (Fsp3) is 0.417. The van der Waals surface area contributed by atoms with Crippen molar-refractivity contribution < 1.29 is 4.39 Å². The molecule has 0 aliphatic rings. The fourth-order valence-electron chi connectivity index (χ4n) is 1.12. The van der Waals surface area contributed by atoms with Crippen LogP contribution in [-0.4, -0.2) is 23.1 Å². The van der Waals surface area contributed by atoms with Crippen LogP contribution in [0, 0.1) is 12.7 Å². The van der Waals surface area contributed by atoms with Gasteiger partial charge in [-0.25, -0.2) is 4.39 Å². The normalized spacial score (nSPS) is 10.4. The van der Waals surface area contributed by atoms with Crippen molar-refractivity contribution in [1.29, 1.82) is 0 Å². The summed E-state index contributed by atoms with van der Waals surface area (Å²) in [4.78, 5) is 1.92. The van der Waals surface area contributed by atoms with Gasteiger partial charge in [0.1, 0.15) is 5.82 Å². The molecule has 1 N–H and O–H groups in total. The number of halogens is 1. The summed E-state index contributed by atoms with van der Waals surface area (Å²) in [6.07, 6.45) is 0.